The summed E-state index contributed by atoms with van der Waals surface area (Å²) in [5.41, 5.74) is 3.33. The third kappa shape index (κ3) is 7.37. The number of rotatable bonds is 5. The number of ether oxygens (including phenoxy) is 1. The highest BCUT2D eigenvalue weighted by atomic mass is 32.1. The first-order chi connectivity index (χ1) is 12.4. The van der Waals surface area contributed by atoms with Crippen molar-refractivity contribution >= 4 is 35.9 Å². The average Bonchev–Trinajstić information content (AvgIpc) is 2.49. The van der Waals surface area contributed by atoms with Crippen LogP contribution in [0, 0.1) is 0 Å². The van der Waals surface area contributed by atoms with Gasteiger partial charge < -0.3 is 4.74 Å². The summed E-state index contributed by atoms with van der Waals surface area (Å²) < 4.78 is 4.98. The van der Waals surface area contributed by atoms with Crippen molar-refractivity contribution in [1.82, 2.24) is 0 Å². The third-order valence-electron chi connectivity index (χ3n) is 4.00. The normalized spacial score (nSPS) is 16.0. The molecule has 0 aromatic heterocycles. The van der Waals surface area contributed by atoms with Gasteiger partial charge in [-0.2, -0.15) is 12.6 Å². The van der Waals surface area contributed by atoms with Crippen LogP contribution in [-0.2, 0) is 16.0 Å². The van der Waals surface area contributed by atoms with Gasteiger partial charge in [0.2, 0.25) is 0 Å². The smallest absolute Gasteiger partial charge is 0.412 e. The number of carbonyl (C=O) groups is 2. The molecule has 0 aliphatic heterocycles. The summed E-state index contributed by atoms with van der Waals surface area (Å²) in [6.07, 6.45) is 2.71. The Labute approximate surface area is 167 Å². The Bertz CT molecular complexity index is 743. The van der Waals surface area contributed by atoms with Crippen LogP contribution in [0.15, 0.2) is 23.2 Å². The maximum Gasteiger partial charge on any atom is 0.412 e. The number of Topliss-reactive ketones (excluding diaryl/α,β-unsaturated/α-hetero) is 1. The molecule has 148 valence electrons. The van der Waals surface area contributed by atoms with E-state index >= 15 is 0 Å². The molecule has 0 unspecified atom stereocenters. The lowest BCUT2D eigenvalue weighted by atomic mass is 9.89. The van der Waals surface area contributed by atoms with Crippen molar-refractivity contribution < 1.29 is 14.3 Å². The molecule has 0 atom stereocenters. The molecule has 27 heavy (non-hydrogen) atoms. The SMILES string of the molecule is CC(C)(S)CC(=O)CN=C1CCCc2cc(NC(=O)OC(C)(C)C)ccc21. The highest BCUT2D eigenvalue weighted by molar-refractivity contribution is 7.81. The predicted molar refractivity (Wildman–Crippen MR) is 113 cm³/mol. The van der Waals surface area contributed by atoms with E-state index in [1.807, 2.05) is 52.8 Å². The van der Waals surface area contributed by atoms with Crippen molar-refractivity contribution in [2.45, 2.75) is 70.7 Å². The summed E-state index contributed by atoms with van der Waals surface area (Å²) in [5, 5.41) is 2.78. The fraction of sp³-hybridized carbons (Fsp3) is 0.571. The van der Waals surface area contributed by atoms with Gasteiger partial charge >= 0.3 is 6.09 Å². The first-order valence-corrected chi connectivity index (χ1v) is 9.78. The number of benzene rings is 1. The molecule has 0 radical (unpaired) electrons. The zero-order valence-corrected chi connectivity index (χ0v) is 17.8. The van der Waals surface area contributed by atoms with Crippen molar-refractivity contribution in [2.75, 3.05) is 11.9 Å². The number of nitrogens with zero attached hydrogens (tertiary/aromatic N) is 1. The van der Waals surface area contributed by atoms with Crippen LogP contribution < -0.4 is 5.32 Å². The number of anilines is 1. The van der Waals surface area contributed by atoms with Crippen LogP contribution in [-0.4, -0.2) is 34.5 Å². The van der Waals surface area contributed by atoms with Gasteiger partial charge in [-0.15, -0.1) is 0 Å². The molecular formula is C21H30N2O3S. The van der Waals surface area contributed by atoms with Crippen molar-refractivity contribution in [1.29, 1.82) is 0 Å². The lowest BCUT2D eigenvalue weighted by molar-refractivity contribution is -0.118. The maximum atomic E-state index is 12.1. The highest BCUT2D eigenvalue weighted by Gasteiger charge is 2.20. The Morgan fingerprint density at radius 3 is 2.52 bits per heavy atom. The lowest BCUT2D eigenvalue weighted by Crippen LogP contribution is -2.27. The Morgan fingerprint density at radius 1 is 1.19 bits per heavy atom. The second-order valence-corrected chi connectivity index (χ2v) is 9.85. The van der Waals surface area contributed by atoms with Crippen LogP contribution in [0.25, 0.3) is 0 Å². The molecule has 0 fully saturated rings. The van der Waals surface area contributed by atoms with Gasteiger partial charge in [-0.3, -0.25) is 15.1 Å². The van der Waals surface area contributed by atoms with Gasteiger partial charge in [-0.05, 0) is 63.3 Å². The second-order valence-electron chi connectivity index (χ2n) is 8.64. The maximum absolute atomic E-state index is 12.1. The zero-order valence-electron chi connectivity index (χ0n) is 16.9. The molecule has 1 aliphatic rings. The molecule has 6 heteroatoms. The van der Waals surface area contributed by atoms with E-state index in [2.05, 4.69) is 22.9 Å². The Balaban J connectivity index is 2.09. The van der Waals surface area contributed by atoms with Crippen LogP contribution in [0.5, 0.6) is 0 Å². The number of amides is 1. The summed E-state index contributed by atoms with van der Waals surface area (Å²) in [7, 11) is 0. The van der Waals surface area contributed by atoms with Crippen LogP contribution in [0.1, 0.15) is 65.0 Å². The fourth-order valence-electron chi connectivity index (χ4n) is 3.05. The van der Waals surface area contributed by atoms with Gasteiger partial charge in [-0.25, -0.2) is 4.79 Å². The number of fused-ring (bicyclic) bond motifs is 1. The van der Waals surface area contributed by atoms with E-state index < -0.39 is 11.7 Å². The van der Waals surface area contributed by atoms with Crippen LogP contribution >= 0.6 is 12.6 Å². The van der Waals surface area contributed by atoms with E-state index in [1.54, 1.807) is 0 Å². The monoisotopic (exact) mass is 390 g/mol. The molecule has 2 rings (SSSR count). The molecule has 0 spiro atoms. The minimum Gasteiger partial charge on any atom is -0.444 e. The quantitative estimate of drug-likeness (QED) is 0.708. The largest absolute Gasteiger partial charge is 0.444 e. The predicted octanol–water partition coefficient (Wildman–Crippen LogP) is 4.83. The fourth-order valence-corrected chi connectivity index (χ4v) is 3.22. The van der Waals surface area contributed by atoms with Gasteiger partial charge in [0.15, 0.2) is 5.78 Å². The highest BCUT2D eigenvalue weighted by Crippen LogP contribution is 2.26. The Kier molecular flexibility index (Phi) is 6.73. The number of aliphatic imine (C=N–C) groups is 1. The average molecular weight is 391 g/mol. The molecule has 1 aromatic rings. The number of carbonyl (C=O) groups excluding carboxylic acids is 2. The molecular weight excluding hydrogens is 360 g/mol. The van der Waals surface area contributed by atoms with E-state index in [1.165, 1.54) is 0 Å². The van der Waals surface area contributed by atoms with Crippen molar-refractivity contribution in [3.8, 4) is 0 Å². The molecule has 0 heterocycles. The number of nitrogens with one attached hydrogen (secondary N) is 1. The van der Waals surface area contributed by atoms with Gasteiger partial charge in [-0.1, -0.05) is 19.9 Å². The summed E-state index contributed by atoms with van der Waals surface area (Å²) in [4.78, 5) is 28.6. The van der Waals surface area contributed by atoms with Gasteiger partial charge in [0.05, 0.1) is 6.54 Å². The number of thiol groups is 1. The van der Waals surface area contributed by atoms with Crippen LogP contribution in [0.3, 0.4) is 0 Å². The number of ketones is 1. The molecule has 1 aromatic carbocycles. The topological polar surface area (TPSA) is 67.8 Å². The standard InChI is InChI=1S/C21H30N2O3S/c1-20(2,3)26-19(25)23-15-9-10-17-14(11-15)7-6-8-18(17)22-13-16(24)12-21(4,5)27/h9-11,27H,6-8,12-13H2,1-5H3,(H,23,25). The van der Waals surface area contributed by atoms with Crippen molar-refractivity contribution in [3.05, 3.63) is 29.3 Å². The summed E-state index contributed by atoms with van der Waals surface area (Å²) >= 11 is 4.41. The number of aryl methyl sites for hydroxylation is 1. The molecule has 0 saturated carbocycles. The van der Waals surface area contributed by atoms with E-state index in [4.69, 9.17) is 4.74 Å². The summed E-state index contributed by atoms with van der Waals surface area (Å²) in [6.45, 7) is 9.54. The molecule has 0 saturated heterocycles. The first kappa shape index (κ1) is 21.5. The second kappa shape index (κ2) is 8.46. The van der Waals surface area contributed by atoms with E-state index in [-0.39, 0.29) is 17.1 Å². The minimum absolute atomic E-state index is 0.0952. The Morgan fingerprint density at radius 2 is 1.89 bits per heavy atom. The molecule has 1 aliphatic carbocycles. The van der Waals surface area contributed by atoms with Gasteiger partial charge in [0.25, 0.3) is 0 Å². The molecule has 5 nitrogen and oxygen atoms in total. The first-order valence-electron chi connectivity index (χ1n) is 9.34. The van der Waals surface area contributed by atoms with Crippen molar-refractivity contribution in [3.63, 3.8) is 0 Å². The van der Waals surface area contributed by atoms with E-state index in [0.717, 1.165) is 36.1 Å². The lowest BCUT2D eigenvalue weighted by Gasteiger charge is -2.21. The molecule has 1 amide bonds. The van der Waals surface area contributed by atoms with Gasteiger partial charge in [0, 0.05) is 22.6 Å². The van der Waals surface area contributed by atoms with E-state index in [0.29, 0.717) is 12.1 Å². The number of hydrogen-bond acceptors (Lipinski definition) is 5. The molecule has 1 N–H and O–H groups in total. The van der Waals surface area contributed by atoms with Crippen LogP contribution in [0.2, 0.25) is 0 Å². The Hall–Kier alpha value is -1.82. The van der Waals surface area contributed by atoms with Gasteiger partial charge in [0.1, 0.15) is 5.60 Å². The third-order valence-corrected chi connectivity index (χ3v) is 4.16. The van der Waals surface area contributed by atoms with Crippen molar-refractivity contribution in [2.24, 2.45) is 4.99 Å². The number of hydrogen-bond donors (Lipinski definition) is 2. The van der Waals surface area contributed by atoms with E-state index in [9.17, 15) is 9.59 Å². The molecule has 0 bridgehead atoms. The van der Waals surface area contributed by atoms with Crippen LogP contribution in [0.4, 0.5) is 10.5 Å². The summed E-state index contributed by atoms with van der Waals surface area (Å²) in [6, 6.07) is 5.78. The summed E-state index contributed by atoms with van der Waals surface area (Å²) in [5.74, 6) is 0.0952. The zero-order chi connectivity index (χ0) is 20.2. The minimum atomic E-state index is -0.535.